The van der Waals surface area contributed by atoms with E-state index in [1.165, 1.54) is 11.0 Å². The van der Waals surface area contributed by atoms with Crippen molar-refractivity contribution in [2.45, 2.75) is 25.3 Å². The first-order chi connectivity index (χ1) is 16.8. The molecule has 11 heteroatoms. The van der Waals surface area contributed by atoms with Crippen molar-refractivity contribution >= 4 is 34.8 Å². The summed E-state index contributed by atoms with van der Waals surface area (Å²) in [7, 11) is 0. The minimum absolute atomic E-state index is 0.0183. The molecular formula is C24H26FN5O5. The second-order valence-corrected chi connectivity index (χ2v) is 8.77. The maximum atomic E-state index is 13.6. The summed E-state index contributed by atoms with van der Waals surface area (Å²) in [5.74, 6) is -2.27. The van der Waals surface area contributed by atoms with Crippen LogP contribution in [0.15, 0.2) is 48.5 Å². The number of nitro groups is 1. The summed E-state index contributed by atoms with van der Waals surface area (Å²) < 4.78 is 13.6. The molecule has 2 aliphatic heterocycles. The molecule has 0 saturated carbocycles. The summed E-state index contributed by atoms with van der Waals surface area (Å²) in [6.07, 6.45) is 1.34. The van der Waals surface area contributed by atoms with Gasteiger partial charge in [0.15, 0.2) is 0 Å². The number of nitro benzene ring substituents is 1. The van der Waals surface area contributed by atoms with Crippen LogP contribution in [0.3, 0.4) is 0 Å². The normalized spacial score (nSPS) is 18.9. The molecule has 1 atom stereocenters. The number of anilines is 2. The van der Waals surface area contributed by atoms with Crippen LogP contribution in [0.25, 0.3) is 0 Å². The number of amides is 3. The average Bonchev–Trinajstić information content (AvgIpc) is 3.23. The molecule has 2 aromatic rings. The number of nitrogens with zero attached hydrogens (tertiary/aromatic N) is 3. The smallest absolute Gasteiger partial charge is 0.306 e. The second-order valence-electron chi connectivity index (χ2n) is 8.77. The average molecular weight is 484 g/mol. The van der Waals surface area contributed by atoms with Gasteiger partial charge in [0.2, 0.25) is 23.5 Å². The molecule has 0 aliphatic carbocycles. The summed E-state index contributed by atoms with van der Waals surface area (Å²) in [6, 6.07) is 12.4. The molecule has 1 unspecified atom stereocenters. The Kier molecular flexibility index (Phi) is 7.35. The molecule has 3 amide bonds. The number of rotatable bonds is 7. The van der Waals surface area contributed by atoms with Gasteiger partial charge in [-0.25, -0.2) is 0 Å². The Balaban J connectivity index is 1.25. The molecule has 184 valence electrons. The SMILES string of the molecule is O=C(CN1CCC(NC(=O)C2CC(=O)N(c3ccc(F)c([N+](=O)[O-])c3)C2)CC1)Nc1ccccc1. The van der Waals surface area contributed by atoms with Crippen LogP contribution in [0.1, 0.15) is 19.3 Å². The van der Waals surface area contributed by atoms with Crippen molar-refractivity contribution in [2.24, 2.45) is 5.92 Å². The van der Waals surface area contributed by atoms with Gasteiger partial charge in [0.1, 0.15) is 0 Å². The minimum Gasteiger partial charge on any atom is -0.353 e. The fourth-order valence-corrected chi connectivity index (χ4v) is 4.42. The Morgan fingerprint density at radius 2 is 1.83 bits per heavy atom. The van der Waals surface area contributed by atoms with Crippen molar-refractivity contribution in [2.75, 3.05) is 36.4 Å². The molecule has 0 radical (unpaired) electrons. The Labute approximate surface area is 201 Å². The molecule has 2 aromatic carbocycles. The van der Waals surface area contributed by atoms with Gasteiger partial charge in [-0.3, -0.25) is 29.4 Å². The van der Waals surface area contributed by atoms with Gasteiger partial charge < -0.3 is 15.5 Å². The summed E-state index contributed by atoms with van der Waals surface area (Å²) >= 11 is 0. The van der Waals surface area contributed by atoms with Gasteiger partial charge >= 0.3 is 5.69 Å². The van der Waals surface area contributed by atoms with Crippen LogP contribution < -0.4 is 15.5 Å². The first-order valence-electron chi connectivity index (χ1n) is 11.4. The molecule has 2 N–H and O–H groups in total. The Morgan fingerprint density at radius 1 is 1.11 bits per heavy atom. The third-order valence-corrected chi connectivity index (χ3v) is 6.29. The van der Waals surface area contributed by atoms with Crippen molar-refractivity contribution < 1.29 is 23.7 Å². The zero-order valence-corrected chi connectivity index (χ0v) is 19.0. The van der Waals surface area contributed by atoms with E-state index in [9.17, 15) is 28.9 Å². The van der Waals surface area contributed by atoms with E-state index in [1.807, 2.05) is 35.2 Å². The minimum atomic E-state index is -0.983. The molecule has 10 nitrogen and oxygen atoms in total. The molecule has 4 rings (SSSR count). The lowest BCUT2D eigenvalue weighted by Gasteiger charge is -2.32. The predicted molar refractivity (Wildman–Crippen MR) is 126 cm³/mol. The number of hydrogen-bond acceptors (Lipinski definition) is 6. The standard InChI is InChI=1S/C24H26FN5O5/c25-20-7-6-19(13-21(20)30(34)35)29-14-16(12-23(29)32)24(33)27-18-8-10-28(11-9-18)15-22(31)26-17-4-2-1-3-5-17/h1-7,13,16,18H,8-12,14-15H2,(H,26,31)(H,27,33). The fraction of sp³-hybridized carbons (Fsp3) is 0.375. The summed E-state index contributed by atoms with van der Waals surface area (Å²) in [6.45, 7) is 1.65. The van der Waals surface area contributed by atoms with E-state index in [2.05, 4.69) is 10.6 Å². The number of halogens is 1. The summed E-state index contributed by atoms with van der Waals surface area (Å²) in [5, 5.41) is 16.9. The first-order valence-corrected chi connectivity index (χ1v) is 11.4. The monoisotopic (exact) mass is 483 g/mol. The van der Waals surface area contributed by atoms with E-state index in [4.69, 9.17) is 0 Å². The lowest BCUT2D eigenvalue weighted by Crippen LogP contribution is -2.48. The zero-order chi connectivity index (χ0) is 24.9. The van der Waals surface area contributed by atoms with Gasteiger partial charge in [-0.15, -0.1) is 0 Å². The molecule has 0 bridgehead atoms. The van der Waals surface area contributed by atoms with Crippen LogP contribution in [-0.4, -0.2) is 59.8 Å². The molecule has 0 spiro atoms. The quantitative estimate of drug-likeness (QED) is 0.460. The van der Waals surface area contributed by atoms with Gasteiger partial charge in [0.25, 0.3) is 0 Å². The molecule has 2 saturated heterocycles. The molecule has 35 heavy (non-hydrogen) atoms. The first kappa shape index (κ1) is 24.3. The Hall–Kier alpha value is -3.86. The zero-order valence-electron chi connectivity index (χ0n) is 19.0. The van der Waals surface area contributed by atoms with Crippen LogP contribution in [0, 0.1) is 21.8 Å². The van der Waals surface area contributed by atoms with Crippen molar-refractivity contribution in [3.63, 3.8) is 0 Å². The maximum Gasteiger partial charge on any atom is 0.306 e. The topological polar surface area (TPSA) is 125 Å². The van der Waals surface area contributed by atoms with E-state index in [1.54, 1.807) is 0 Å². The molecule has 0 aromatic heterocycles. The number of benzene rings is 2. The highest BCUT2D eigenvalue weighted by Gasteiger charge is 2.37. The van der Waals surface area contributed by atoms with Crippen LogP contribution in [0.2, 0.25) is 0 Å². The van der Waals surface area contributed by atoms with Crippen molar-refractivity contribution in [1.82, 2.24) is 10.2 Å². The van der Waals surface area contributed by atoms with Crippen molar-refractivity contribution in [1.29, 1.82) is 0 Å². The highest BCUT2D eigenvalue weighted by molar-refractivity contribution is 6.00. The third-order valence-electron chi connectivity index (χ3n) is 6.29. The fourth-order valence-electron chi connectivity index (χ4n) is 4.42. The van der Waals surface area contributed by atoms with Crippen LogP contribution in [-0.2, 0) is 14.4 Å². The van der Waals surface area contributed by atoms with E-state index in [-0.39, 0.29) is 49.0 Å². The van der Waals surface area contributed by atoms with Crippen LogP contribution in [0.5, 0.6) is 0 Å². The summed E-state index contributed by atoms with van der Waals surface area (Å²) in [4.78, 5) is 51.0. The van der Waals surface area contributed by atoms with Gasteiger partial charge in [-0.2, -0.15) is 4.39 Å². The number of piperidine rings is 1. The number of likely N-dealkylation sites (tertiary alicyclic amines) is 1. The van der Waals surface area contributed by atoms with E-state index >= 15 is 0 Å². The van der Waals surface area contributed by atoms with E-state index in [0.717, 1.165) is 17.8 Å². The molecular weight excluding hydrogens is 457 g/mol. The molecule has 2 fully saturated rings. The van der Waals surface area contributed by atoms with E-state index < -0.39 is 22.3 Å². The van der Waals surface area contributed by atoms with Gasteiger partial charge in [-0.1, -0.05) is 18.2 Å². The Bertz CT molecular complexity index is 1120. The Morgan fingerprint density at radius 3 is 2.51 bits per heavy atom. The van der Waals surface area contributed by atoms with Crippen molar-refractivity contribution in [3.05, 3.63) is 64.5 Å². The highest BCUT2D eigenvalue weighted by atomic mass is 19.1. The second kappa shape index (κ2) is 10.6. The third kappa shape index (κ3) is 5.99. The predicted octanol–water partition coefficient (Wildman–Crippen LogP) is 2.31. The largest absolute Gasteiger partial charge is 0.353 e. The van der Waals surface area contributed by atoms with Gasteiger partial charge in [-0.05, 0) is 37.1 Å². The van der Waals surface area contributed by atoms with Gasteiger partial charge in [0.05, 0.1) is 23.1 Å². The maximum absolute atomic E-state index is 13.6. The highest BCUT2D eigenvalue weighted by Crippen LogP contribution is 2.30. The van der Waals surface area contributed by atoms with Crippen LogP contribution in [0.4, 0.5) is 21.5 Å². The number of nitrogens with one attached hydrogen (secondary N) is 2. The van der Waals surface area contributed by atoms with Crippen molar-refractivity contribution in [3.8, 4) is 0 Å². The van der Waals surface area contributed by atoms with Crippen LogP contribution >= 0.6 is 0 Å². The molecule has 2 heterocycles. The lowest BCUT2D eigenvalue weighted by atomic mass is 10.0. The number of carbonyl (C=O) groups is 3. The van der Waals surface area contributed by atoms with Gasteiger partial charge in [0, 0.05) is 43.9 Å². The molecule has 2 aliphatic rings. The lowest BCUT2D eigenvalue weighted by molar-refractivity contribution is -0.387. The number of carbonyl (C=O) groups excluding carboxylic acids is 3. The number of hydrogen-bond donors (Lipinski definition) is 2. The van der Waals surface area contributed by atoms with E-state index in [0.29, 0.717) is 25.9 Å². The number of para-hydroxylation sites is 1. The summed E-state index contributed by atoms with van der Waals surface area (Å²) in [5.41, 5.74) is 0.225.